The summed E-state index contributed by atoms with van der Waals surface area (Å²) in [6, 6.07) is 5.83. The SMILES string of the molecule is Cl.ClCCCN1CCN(c2ccc(Cl)c(Cl)c2)CC1. The molecule has 1 aliphatic heterocycles. The van der Waals surface area contributed by atoms with E-state index in [-0.39, 0.29) is 12.4 Å². The number of piperazine rings is 1. The second-order valence-electron chi connectivity index (χ2n) is 4.47. The van der Waals surface area contributed by atoms with Crippen molar-refractivity contribution in [1.82, 2.24) is 4.90 Å². The van der Waals surface area contributed by atoms with E-state index < -0.39 is 0 Å². The first-order valence-electron chi connectivity index (χ1n) is 6.19. The van der Waals surface area contributed by atoms with Gasteiger partial charge < -0.3 is 4.90 Å². The molecule has 6 heteroatoms. The van der Waals surface area contributed by atoms with Gasteiger partial charge in [0.15, 0.2) is 0 Å². The lowest BCUT2D eigenvalue weighted by Gasteiger charge is -2.36. The molecule has 1 heterocycles. The van der Waals surface area contributed by atoms with Gasteiger partial charge in [-0.25, -0.2) is 0 Å². The molecule has 0 atom stereocenters. The van der Waals surface area contributed by atoms with E-state index in [0.717, 1.165) is 50.7 Å². The van der Waals surface area contributed by atoms with Gasteiger partial charge in [-0.2, -0.15) is 0 Å². The Hall–Kier alpha value is 0.140. The monoisotopic (exact) mass is 342 g/mol. The van der Waals surface area contributed by atoms with E-state index in [2.05, 4.69) is 9.80 Å². The fourth-order valence-corrected chi connectivity index (χ4v) is 2.61. The number of nitrogens with zero attached hydrogens (tertiary/aromatic N) is 2. The van der Waals surface area contributed by atoms with E-state index in [1.807, 2.05) is 18.2 Å². The van der Waals surface area contributed by atoms with Gasteiger partial charge in [0.2, 0.25) is 0 Å². The van der Waals surface area contributed by atoms with Gasteiger partial charge >= 0.3 is 0 Å². The van der Waals surface area contributed by atoms with Crippen molar-refractivity contribution >= 4 is 52.9 Å². The van der Waals surface area contributed by atoms with Crippen LogP contribution < -0.4 is 4.90 Å². The Balaban J connectivity index is 0.00000180. The van der Waals surface area contributed by atoms with Crippen LogP contribution in [-0.4, -0.2) is 43.5 Å². The molecule has 0 radical (unpaired) electrons. The summed E-state index contributed by atoms with van der Waals surface area (Å²) in [5, 5.41) is 1.24. The Morgan fingerprint density at radius 1 is 1.00 bits per heavy atom. The molecule has 0 aromatic heterocycles. The normalized spacial score (nSPS) is 16.3. The number of halogens is 4. The summed E-state index contributed by atoms with van der Waals surface area (Å²) >= 11 is 17.7. The zero-order chi connectivity index (χ0) is 13.0. The highest BCUT2D eigenvalue weighted by Crippen LogP contribution is 2.27. The van der Waals surface area contributed by atoms with Gasteiger partial charge in [0.05, 0.1) is 10.0 Å². The van der Waals surface area contributed by atoms with Crippen molar-refractivity contribution in [3.8, 4) is 0 Å². The number of hydrogen-bond donors (Lipinski definition) is 0. The number of alkyl halides is 1. The van der Waals surface area contributed by atoms with Gasteiger partial charge in [-0.1, -0.05) is 23.2 Å². The molecule has 19 heavy (non-hydrogen) atoms. The first-order chi connectivity index (χ1) is 8.70. The second-order valence-corrected chi connectivity index (χ2v) is 5.66. The number of benzene rings is 1. The molecule has 2 nitrogen and oxygen atoms in total. The molecule has 0 saturated carbocycles. The third-order valence-electron chi connectivity index (χ3n) is 3.25. The van der Waals surface area contributed by atoms with Gasteiger partial charge in [0, 0.05) is 37.7 Å². The van der Waals surface area contributed by atoms with Gasteiger partial charge in [-0.3, -0.25) is 4.90 Å². The highest BCUT2D eigenvalue weighted by molar-refractivity contribution is 6.42. The highest BCUT2D eigenvalue weighted by Gasteiger charge is 2.17. The lowest BCUT2D eigenvalue weighted by atomic mass is 10.2. The van der Waals surface area contributed by atoms with Crippen LogP contribution in [0.4, 0.5) is 5.69 Å². The standard InChI is InChI=1S/C13H17Cl3N2.ClH/c14-4-1-5-17-6-8-18(9-7-17)11-2-3-12(15)13(16)10-11;/h2-3,10H,1,4-9H2;1H. The molecule has 0 bridgehead atoms. The fourth-order valence-electron chi connectivity index (χ4n) is 2.19. The van der Waals surface area contributed by atoms with E-state index in [9.17, 15) is 0 Å². The first kappa shape index (κ1) is 17.2. The molecule has 1 aliphatic rings. The maximum Gasteiger partial charge on any atom is 0.0612 e. The number of hydrogen-bond acceptors (Lipinski definition) is 2. The Labute approximate surface area is 136 Å². The molecule has 2 rings (SSSR count). The average Bonchev–Trinajstić information content (AvgIpc) is 2.40. The third-order valence-corrected chi connectivity index (χ3v) is 4.25. The van der Waals surface area contributed by atoms with Crippen LogP contribution in [0.15, 0.2) is 18.2 Å². The topological polar surface area (TPSA) is 6.48 Å². The summed E-state index contributed by atoms with van der Waals surface area (Å²) in [6.07, 6.45) is 1.06. The summed E-state index contributed by atoms with van der Waals surface area (Å²) < 4.78 is 0. The minimum atomic E-state index is 0. The second kappa shape index (κ2) is 8.43. The largest absolute Gasteiger partial charge is 0.369 e. The minimum Gasteiger partial charge on any atom is -0.369 e. The van der Waals surface area contributed by atoms with Crippen LogP contribution >= 0.6 is 47.2 Å². The predicted octanol–water partition coefficient (Wildman–Crippen LogP) is 4.17. The minimum absolute atomic E-state index is 0. The summed E-state index contributed by atoms with van der Waals surface area (Å²) in [7, 11) is 0. The summed E-state index contributed by atoms with van der Waals surface area (Å²) in [6.45, 7) is 5.31. The molecule has 0 unspecified atom stereocenters. The molecule has 1 saturated heterocycles. The van der Waals surface area contributed by atoms with E-state index in [1.54, 1.807) is 0 Å². The van der Waals surface area contributed by atoms with Gasteiger partial charge in [0.1, 0.15) is 0 Å². The molecule has 0 amide bonds. The number of anilines is 1. The summed E-state index contributed by atoms with van der Waals surface area (Å²) in [5.74, 6) is 0.743. The smallest absolute Gasteiger partial charge is 0.0612 e. The van der Waals surface area contributed by atoms with Crippen molar-refractivity contribution in [1.29, 1.82) is 0 Å². The molecule has 0 N–H and O–H groups in total. The van der Waals surface area contributed by atoms with E-state index >= 15 is 0 Å². The van der Waals surface area contributed by atoms with Crippen LogP contribution in [0.1, 0.15) is 6.42 Å². The van der Waals surface area contributed by atoms with Crippen LogP contribution in [0.3, 0.4) is 0 Å². The van der Waals surface area contributed by atoms with Crippen molar-refractivity contribution in [3.63, 3.8) is 0 Å². The Morgan fingerprint density at radius 3 is 2.26 bits per heavy atom. The van der Waals surface area contributed by atoms with Crippen LogP contribution in [-0.2, 0) is 0 Å². The van der Waals surface area contributed by atoms with Gasteiger partial charge in [-0.05, 0) is 31.2 Å². The molecule has 0 aliphatic carbocycles. The first-order valence-corrected chi connectivity index (χ1v) is 7.48. The molecular weight excluding hydrogens is 326 g/mol. The molecular formula is C13H18Cl4N2. The predicted molar refractivity (Wildman–Crippen MR) is 87.7 cm³/mol. The summed E-state index contributed by atoms with van der Waals surface area (Å²) in [5.41, 5.74) is 1.15. The fraction of sp³-hybridized carbons (Fsp3) is 0.538. The van der Waals surface area contributed by atoms with Crippen molar-refractivity contribution in [2.24, 2.45) is 0 Å². The summed E-state index contributed by atoms with van der Waals surface area (Å²) in [4.78, 5) is 4.80. The van der Waals surface area contributed by atoms with Crippen LogP contribution in [0.2, 0.25) is 10.0 Å². The molecule has 1 aromatic carbocycles. The van der Waals surface area contributed by atoms with E-state index in [4.69, 9.17) is 34.8 Å². The zero-order valence-electron chi connectivity index (χ0n) is 10.6. The maximum absolute atomic E-state index is 6.05. The van der Waals surface area contributed by atoms with Crippen LogP contribution in [0.5, 0.6) is 0 Å². The van der Waals surface area contributed by atoms with E-state index in [1.165, 1.54) is 0 Å². The lowest BCUT2D eigenvalue weighted by molar-refractivity contribution is 0.259. The van der Waals surface area contributed by atoms with Gasteiger partial charge in [-0.15, -0.1) is 24.0 Å². The Kier molecular flexibility index (Phi) is 7.63. The van der Waals surface area contributed by atoms with Crippen LogP contribution in [0, 0.1) is 0 Å². The third kappa shape index (κ3) is 4.87. The average molecular weight is 344 g/mol. The van der Waals surface area contributed by atoms with Crippen molar-refractivity contribution in [3.05, 3.63) is 28.2 Å². The van der Waals surface area contributed by atoms with E-state index in [0.29, 0.717) is 10.0 Å². The maximum atomic E-state index is 6.05. The molecule has 1 aromatic rings. The van der Waals surface area contributed by atoms with Crippen molar-refractivity contribution in [2.75, 3.05) is 43.5 Å². The van der Waals surface area contributed by atoms with Crippen molar-refractivity contribution < 1.29 is 0 Å². The zero-order valence-corrected chi connectivity index (χ0v) is 13.7. The Bertz CT molecular complexity index is 392. The number of rotatable bonds is 4. The quantitative estimate of drug-likeness (QED) is 0.757. The highest BCUT2D eigenvalue weighted by atomic mass is 35.5. The van der Waals surface area contributed by atoms with Gasteiger partial charge in [0.25, 0.3) is 0 Å². The molecule has 108 valence electrons. The lowest BCUT2D eigenvalue weighted by Crippen LogP contribution is -2.46. The Morgan fingerprint density at radius 2 is 1.68 bits per heavy atom. The molecule has 1 fully saturated rings. The van der Waals surface area contributed by atoms with Crippen LogP contribution in [0.25, 0.3) is 0 Å². The molecule has 0 spiro atoms. The van der Waals surface area contributed by atoms with Crippen molar-refractivity contribution in [2.45, 2.75) is 6.42 Å².